The molecule has 0 aliphatic carbocycles. The molecule has 2 fully saturated rings. The number of carbonyl (C=O) groups is 1. The molecular formula is C11H16N4OS. The molecule has 92 valence electrons. The van der Waals surface area contributed by atoms with Crippen molar-refractivity contribution in [3.8, 4) is 0 Å². The fraction of sp³-hybridized carbons (Fsp3) is 0.727. The van der Waals surface area contributed by atoms with Gasteiger partial charge in [0.05, 0.1) is 17.9 Å². The average Bonchev–Trinajstić information content (AvgIpc) is 2.97. The highest BCUT2D eigenvalue weighted by atomic mass is 32.1. The van der Waals surface area contributed by atoms with E-state index >= 15 is 0 Å². The van der Waals surface area contributed by atoms with Gasteiger partial charge in [0.25, 0.3) is 5.91 Å². The number of fused-ring (bicyclic) bond motifs is 2. The molecule has 1 aromatic rings. The summed E-state index contributed by atoms with van der Waals surface area (Å²) >= 11 is 1.09. The van der Waals surface area contributed by atoms with Crippen molar-refractivity contribution in [3.05, 3.63) is 11.9 Å². The van der Waals surface area contributed by atoms with E-state index in [-0.39, 0.29) is 5.91 Å². The number of rotatable bonds is 2. The lowest BCUT2D eigenvalue weighted by molar-refractivity contribution is 0.0677. The second-order valence-corrected chi connectivity index (χ2v) is 5.53. The lowest BCUT2D eigenvalue weighted by Gasteiger charge is -2.35. The second-order valence-electron chi connectivity index (χ2n) is 4.97. The van der Waals surface area contributed by atoms with E-state index in [9.17, 15) is 4.79 Å². The van der Waals surface area contributed by atoms with Gasteiger partial charge in [-0.15, -0.1) is 0 Å². The Bertz CT molecular complexity index is 396. The number of aromatic nitrogens is 2. The first-order chi connectivity index (χ1) is 8.24. The summed E-state index contributed by atoms with van der Waals surface area (Å²) in [5, 5.41) is 3.58. The van der Waals surface area contributed by atoms with Gasteiger partial charge in [0.1, 0.15) is 0 Å². The van der Waals surface area contributed by atoms with Crippen molar-refractivity contribution >= 4 is 17.6 Å². The number of carbonyl (C=O) groups excluding carboxylic acids is 1. The summed E-state index contributed by atoms with van der Waals surface area (Å²) in [7, 11) is 1.89. The van der Waals surface area contributed by atoms with Crippen LogP contribution in [0.4, 0.5) is 0 Å². The maximum atomic E-state index is 12.1. The van der Waals surface area contributed by atoms with Gasteiger partial charge in [0.2, 0.25) is 0 Å². The molecule has 2 aliphatic heterocycles. The molecule has 2 bridgehead atoms. The number of nitrogens with one attached hydrogen (secondary N) is 1. The Morgan fingerprint density at radius 2 is 2.18 bits per heavy atom. The van der Waals surface area contributed by atoms with Crippen molar-refractivity contribution in [1.29, 1.82) is 0 Å². The van der Waals surface area contributed by atoms with Crippen molar-refractivity contribution in [2.24, 2.45) is 0 Å². The zero-order valence-electron chi connectivity index (χ0n) is 9.80. The summed E-state index contributed by atoms with van der Waals surface area (Å²) in [5.41, 5.74) is 0.475. The van der Waals surface area contributed by atoms with E-state index in [2.05, 4.69) is 14.1 Å². The van der Waals surface area contributed by atoms with Gasteiger partial charge in [-0.3, -0.25) is 4.79 Å². The van der Waals surface area contributed by atoms with Crippen molar-refractivity contribution in [2.45, 2.75) is 43.8 Å². The van der Waals surface area contributed by atoms with E-state index < -0.39 is 0 Å². The van der Waals surface area contributed by atoms with E-state index in [1.807, 2.05) is 11.9 Å². The number of nitrogens with zero attached hydrogens (tertiary/aromatic N) is 3. The molecular weight excluding hydrogens is 236 g/mol. The molecule has 1 N–H and O–H groups in total. The van der Waals surface area contributed by atoms with E-state index in [0.717, 1.165) is 24.6 Å². The summed E-state index contributed by atoms with van der Waals surface area (Å²) in [6.07, 6.45) is 6.19. The molecule has 3 rings (SSSR count). The minimum atomic E-state index is 0.00468. The number of amides is 1. The summed E-state index contributed by atoms with van der Waals surface area (Å²) in [6.45, 7) is 0. The fourth-order valence-electron chi connectivity index (χ4n) is 2.95. The lowest BCUT2D eigenvalue weighted by Crippen LogP contribution is -2.48. The van der Waals surface area contributed by atoms with Crippen LogP contribution in [0, 0.1) is 0 Å². The molecule has 0 spiro atoms. The van der Waals surface area contributed by atoms with Gasteiger partial charge >= 0.3 is 0 Å². The Balaban J connectivity index is 1.70. The lowest BCUT2D eigenvalue weighted by atomic mass is 9.98. The van der Waals surface area contributed by atoms with Gasteiger partial charge in [0.15, 0.2) is 5.69 Å². The quantitative estimate of drug-likeness (QED) is 0.849. The SMILES string of the molecule is CN(C(=O)c1cnsn1)C1CC2CCC(C1)N2. The van der Waals surface area contributed by atoms with Crippen LogP contribution in [0.15, 0.2) is 6.20 Å². The van der Waals surface area contributed by atoms with Crippen molar-refractivity contribution in [2.75, 3.05) is 7.05 Å². The Morgan fingerprint density at radius 1 is 1.47 bits per heavy atom. The third-order valence-corrected chi connectivity index (χ3v) is 4.37. The second kappa shape index (κ2) is 4.34. The van der Waals surface area contributed by atoms with E-state index in [4.69, 9.17) is 0 Å². The Kier molecular flexibility index (Phi) is 2.84. The molecule has 2 aliphatic rings. The first-order valence-corrected chi connectivity index (χ1v) is 6.78. The predicted octanol–water partition coefficient (Wildman–Crippen LogP) is 0.893. The molecule has 0 radical (unpaired) electrons. The minimum Gasteiger partial charge on any atom is -0.337 e. The van der Waals surface area contributed by atoms with Gasteiger partial charge < -0.3 is 10.2 Å². The van der Waals surface area contributed by atoms with E-state index in [0.29, 0.717) is 23.8 Å². The van der Waals surface area contributed by atoms with Crippen LogP contribution in [0.1, 0.15) is 36.2 Å². The van der Waals surface area contributed by atoms with Gasteiger partial charge in [-0.2, -0.15) is 8.75 Å². The maximum Gasteiger partial charge on any atom is 0.275 e. The molecule has 2 saturated heterocycles. The Hall–Kier alpha value is -1.01. The minimum absolute atomic E-state index is 0.00468. The third kappa shape index (κ3) is 2.07. The van der Waals surface area contributed by atoms with Crippen LogP contribution in [0.25, 0.3) is 0 Å². The van der Waals surface area contributed by atoms with Gasteiger partial charge in [-0.25, -0.2) is 0 Å². The molecule has 2 atom stereocenters. The summed E-state index contributed by atoms with van der Waals surface area (Å²) in [5.74, 6) is 0.00468. The smallest absolute Gasteiger partial charge is 0.275 e. The molecule has 1 aromatic heterocycles. The molecule has 0 saturated carbocycles. The molecule has 17 heavy (non-hydrogen) atoms. The predicted molar refractivity (Wildman–Crippen MR) is 65.0 cm³/mol. The van der Waals surface area contributed by atoms with Crippen LogP contribution in [-0.2, 0) is 0 Å². The van der Waals surface area contributed by atoms with Crippen LogP contribution >= 0.6 is 11.7 Å². The van der Waals surface area contributed by atoms with E-state index in [1.165, 1.54) is 12.8 Å². The van der Waals surface area contributed by atoms with Crippen LogP contribution in [-0.4, -0.2) is 44.7 Å². The highest BCUT2D eigenvalue weighted by Gasteiger charge is 2.36. The van der Waals surface area contributed by atoms with Crippen molar-refractivity contribution < 1.29 is 4.79 Å². The zero-order valence-corrected chi connectivity index (χ0v) is 10.6. The Labute approximate surface area is 105 Å². The molecule has 6 heteroatoms. The normalized spacial score (nSPS) is 31.5. The number of hydrogen-bond acceptors (Lipinski definition) is 5. The van der Waals surface area contributed by atoms with Crippen molar-refractivity contribution in [3.63, 3.8) is 0 Å². The molecule has 0 aromatic carbocycles. The monoisotopic (exact) mass is 252 g/mol. The molecule has 3 heterocycles. The molecule has 1 amide bonds. The molecule has 2 unspecified atom stereocenters. The standard InChI is InChI=1S/C11H16N4OS/c1-15(11(16)10-6-12-17-14-10)9-4-7-2-3-8(5-9)13-7/h6-9,13H,2-5H2,1H3. The van der Waals surface area contributed by atoms with Crippen LogP contribution in [0.5, 0.6) is 0 Å². The van der Waals surface area contributed by atoms with Gasteiger partial charge in [0, 0.05) is 25.2 Å². The largest absolute Gasteiger partial charge is 0.337 e. The maximum absolute atomic E-state index is 12.1. The summed E-state index contributed by atoms with van der Waals surface area (Å²) in [4.78, 5) is 14.0. The van der Waals surface area contributed by atoms with Crippen LogP contribution in [0.2, 0.25) is 0 Å². The first-order valence-electron chi connectivity index (χ1n) is 6.05. The Morgan fingerprint density at radius 3 is 2.76 bits per heavy atom. The number of hydrogen-bond donors (Lipinski definition) is 1. The highest BCUT2D eigenvalue weighted by Crippen LogP contribution is 2.29. The fourth-order valence-corrected chi connectivity index (χ4v) is 3.36. The third-order valence-electron chi connectivity index (χ3n) is 3.90. The van der Waals surface area contributed by atoms with Crippen molar-refractivity contribution in [1.82, 2.24) is 19.0 Å². The topological polar surface area (TPSA) is 58.1 Å². The van der Waals surface area contributed by atoms with Gasteiger partial charge in [-0.05, 0) is 25.7 Å². The highest BCUT2D eigenvalue weighted by molar-refractivity contribution is 6.99. The summed E-state index contributed by atoms with van der Waals surface area (Å²) < 4.78 is 7.89. The van der Waals surface area contributed by atoms with Gasteiger partial charge in [-0.1, -0.05) is 0 Å². The molecule has 5 nitrogen and oxygen atoms in total. The first kappa shape index (κ1) is 11.1. The van der Waals surface area contributed by atoms with E-state index in [1.54, 1.807) is 6.20 Å². The zero-order chi connectivity index (χ0) is 11.8. The average molecular weight is 252 g/mol. The summed E-state index contributed by atoms with van der Waals surface area (Å²) in [6, 6.07) is 1.55. The number of piperidine rings is 1. The van der Waals surface area contributed by atoms with Crippen LogP contribution in [0.3, 0.4) is 0 Å². The van der Waals surface area contributed by atoms with Crippen LogP contribution < -0.4 is 5.32 Å².